The smallest absolute Gasteiger partial charge is 0.274 e. The summed E-state index contributed by atoms with van der Waals surface area (Å²) in [5.74, 6) is -1.13. The lowest BCUT2D eigenvalue weighted by atomic mass is 10.1. The monoisotopic (exact) mass is 429 g/mol. The van der Waals surface area contributed by atoms with Crippen molar-refractivity contribution in [3.8, 4) is 11.4 Å². The molecule has 5 rings (SSSR count). The van der Waals surface area contributed by atoms with E-state index in [0.29, 0.717) is 22.7 Å². The van der Waals surface area contributed by atoms with Crippen LogP contribution < -0.4 is 5.32 Å². The molecule has 0 spiro atoms. The van der Waals surface area contributed by atoms with Crippen molar-refractivity contribution >= 4 is 28.8 Å². The van der Waals surface area contributed by atoms with Gasteiger partial charge >= 0.3 is 0 Å². The van der Waals surface area contributed by atoms with Crippen molar-refractivity contribution in [3.63, 3.8) is 0 Å². The summed E-state index contributed by atoms with van der Waals surface area (Å²) in [5, 5.41) is 6.95. The number of carbonyl (C=O) groups excluding carboxylic acids is 1. The molecule has 1 fully saturated rings. The molecule has 1 aliphatic rings. The Morgan fingerprint density at radius 2 is 2.17 bits per heavy atom. The number of fused-ring (bicyclic) bond motifs is 1. The van der Waals surface area contributed by atoms with E-state index in [4.69, 9.17) is 16.1 Å². The second kappa shape index (κ2) is 6.88. The van der Waals surface area contributed by atoms with Gasteiger partial charge in [-0.15, -0.1) is 0 Å². The highest BCUT2D eigenvalue weighted by molar-refractivity contribution is 6.30. The Kier molecular flexibility index (Phi) is 4.28. The Bertz CT molecular complexity index is 1300. The number of anilines is 1. The maximum Gasteiger partial charge on any atom is 0.274 e. The molecule has 4 aromatic rings. The molecule has 1 aliphatic carbocycles. The van der Waals surface area contributed by atoms with Crippen LogP contribution in [0.25, 0.3) is 17.0 Å². The molecule has 2 atom stereocenters. The highest BCUT2D eigenvalue weighted by Gasteiger charge is 2.43. The minimum atomic E-state index is -0.984. The summed E-state index contributed by atoms with van der Waals surface area (Å²) in [6.45, 7) is 1.54. The molecule has 1 N–H and O–H groups in total. The third-order valence-electron chi connectivity index (χ3n) is 5.02. The van der Waals surface area contributed by atoms with Gasteiger partial charge < -0.3 is 9.84 Å². The number of hydrogen-bond acceptors (Lipinski definition) is 5. The Balaban J connectivity index is 1.47. The van der Waals surface area contributed by atoms with Crippen molar-refractivity contribution in [1.82, 2.24) is 19.5 Å². The summed E-state index contributed by atoms with van der Waals surface area (Å²) in [5.41, 5.74) is 1.58. The van der Waals surface area contributed by atoms with Crippen LogP contribution >= 0.6 is 11.6 Å². The average Bonchev–Trinajstić information content (AvgIpc) is 3.11. The molecule has 1 amide bonds. The van der Waals surface area contributed by atoms with E-state index in [-0.39, 0.29) is 28.7 Å². The molecular formula is C20H14ClF2N5O2. The molecule has 3 aromatic heterocycles. The Hall–Kier alpha value is -3.33. The fourth-order valence-electron chi connectivity index (χ4n) is 3.17. The van der Waals surface area contributed by atoms with Crippen LogP contribution in [0.15, 0.2) is 41.2 Å². The standard InChI is InChI=1S/C20H14ClF2N5O2/c1-9-13(22)4-10(18-26-20(30-27-18)12-6-14(12)23)5-15(9)25-19(29)16-7-24-17-3-2-11(21)8-28(16)17/h2-5,7-8,12,14H,6H2,1H3,(H,25,29)/t12-,14-/m0/s1. The van der Waals surface area contributed by atoms with E-state index in [0.717, 1.165) is 0 Å². The number of imidazole rings is 1. The van der Waals surface area contributed by atoms with Gasteiger partial charge in [0, 0.05) is 23.0 Å². The van der Waals surface area contributed by atoms with Gasteiger partial charge in [-0.05, 0) is 37.6 Å². The molecule has 0 radical (unpaired) electrons. The second-order valence-corrected chi connectivity index (χ2v) is 7.55. The molecule has 1 aromatic carbocycles. The summed E-state index contributed by atoms with van der Waals surface area (Å²) in [6, 6.07) is 6.13. The van der Waals surface area contributed by atoms with Crippen LogP contribution in [-0.4, -0.2) is 31.6 Å². The zero-order valence-electron chi connectivity index (χ0n) is 15.6. The number of halogens is 3. The molecule has 30 heavy (non-hydrogen) atoms. The van der Waals surface area contributed by atoms with Gasteiger partial charge in [-0.25, -0.2) is 13.8 Å². The van der Waals surface area contributed by atoms with Crippen molar-refractivity contribution in [2.45, 2.75) is 25.4 Å². The highest BCUT2D eigenvalue weighted by atomic mass is 35.5. The highest BCUT2D eigenvalue weighted by Crippen LogP contribution is 2.43. The minimum absolute atomic E-state index is 0.125. The van der Waals surface area contributed by atoms with Crippen molar-refractivity contribution in [3.05, 3.63) is 64.6 Å². The number of nitrogens with zero attached hydrogens (tertiary/aromatic N) is 4. The van der Waals surface area contributed by atoms with Gasteiger partial charge in [0.25, 0.3) is 5.91 Å². The molecule has 1 saturated carbocycles. The van der Waals surface area contributed by atoms with Gasteiger partial charge in [-0.3, -0.25) is 9.20 Å². The Labute approximate surface area is 173 Å². The number of alkyl halides is 1. The van der Waals surface area contributed by atoms with Gasteiger partial charge in [-0.1, -0.05) is 16.8 Å². The first-order valence-electron chi connectivity index (χ1n) is 9.13. The molecule has 0 unspecified atom stereocenters. The molecule has 152 valence electrons. The lowest BCUT2D eigenvalue weighted by Crippen LogP contribution is -2.15. The number of nitrogens with one attached hydrogen (secondary N) is 1. The van der Waals surface area contributed by atoms with E-state index in [9.17, 15) is 13.6 Å². The third kappa shape index (κ3) is 3.21. The fourth-order valence-corrected chi connectivity index (χ4v) is 3.33. The fraction of sp³-hybridized carbons (Fsp3) is 0.200. The van der Waals surface area contributed by atoms with E-state index >= 15 is 0 Å². The number of carbonyl (C=O) groups is 1. The van der Waals surface area contributed by atoms with Gasteiger partial charge in [0.1, 0.15) is 23.3 Å². The predicted molar refractivity (Wildman–Crippen MR) is 105 cm³/mol. The average molecular weight is 430 g/mol. The van der Waals surface area contributed by atoms with E-state index in [2.05, 4.69) is 20.4 Å². The van der Waals surface area contributed by atoms with Gasteiger partial charge in [0.05, 0.1) is 17.1 Å². The summed E-state index contributed by atoms with van der Waals surface area (Å²) in [6.07, 6.45) is 2.33. The summed E-state index contributed by atoms with van der Waals surface area (Å²) < 4.78 is 34.4. The largest absolute Gasteiger partial charge is 0.339 e. The second-order valence-electron chi connectivity index (χ2n) is 7.12. The van der Waals surface area contributed by atoms with Crippen LogP contribution in [0.4, 0.5) is 14.5 Å². The molecule has 3 heterocycles. The first-order chi connectivity index (χ1) is 14.4. The summed E-state index contributed by atoms with van der Waals surface area (Å²) in [4.78, 5) is 21.1. The Morgan fingerprint density at radius 3 is 2.93 bits per heavy atom. The van der Waals surface area contributed by atoms with Crippen LogP contribution in [0, 0.1) is 12.7 Å². The van der Waals surface area contributed by atoms with Crippen LogP contribution in [0.1, 0.15) is 34.3 Å². The van der Waals surface area contributed by atoms with Crippen molar-refractivity contribution in [1.29, 1.82) is 0 Å². The number of hydrogen-bond donors (Lipinski definition) is 1. The van der Waals surface area contributed by atoms with Crippen LogP contribution in [0.5, 0.6) is 0 Å². The maximum absolute atomic E-state index is 14.5. The number of amides is 1. The van der Waals surface area contributed by atoms with Gasteiger partial charge in [0.15, 0.2) is 0 Å². The lowest BCUT2D eigenvalue weighted by Gasteiger charge is -2.10. The van der Waals surface area contributed by atoms with Gasteiger partial charge in [0.2, 0.25) is 11.7 Å². The van der Waals surface area contributed by atoms with Crippen LogP contribution in [0.2, 0.25) is 5.02 Å². The molecule has 7 nitrogen and oxygen atoms in total. The minimum Gasteiger partial charge on any atom is -0.339 e. The molecule has 10 heteroatoms. The molecule has 0 bridgehead atoms. The third-order valence-corrected chi connectivity index (χ3v) is 5.25. The molecule has 0 saturated heterocycles. The van der Waals surface area contributed by atoms with Crippen molar-refractivity contribution in [2.75, 3.05) is 5.32 Å². The SMILES string of the molecule is Cc1c(F)cc(-c2noc([C@H]3C[C@@H]3F)n2)cc1NC(=O)c1cnc2ccc(Cl)cn12. The zero-order chi connectivity index (χ0) is 21.0. The van der Waals surface area contributed by atoms with Crippen molar-refractivity contribution in [2.24, 2.45) is 0 Å². The van der Waals surface area contributed by atoms with E-state index in [1.165, 1.54) is 12.3 Å². The van der Waals surface area contributed by atoms with Gasteiger partial charge in [-0.2, -0.15) is 4.98 Å². The van der Waals surface area contributed by atoms with Crippen LogP contribution in [0.3, 0.4) is 0 Å². The van der Waals surface area contributed by atoms with Crippen molar-refractivity contribution < 1.29 is 18.1 Å². The maximum atomic E-state index is 14.5. The number of pyridine rings is 1. The Morgan fingerprint density at radius 1 is 1.37 bits per heavy atom. The predicted octanol–water partition coefficient (Wildman–Crippen LogP) is 4.56. The number of benzene rings is 1. The summed E-state index contributed by atoms with van der Waals surface area (Å²) >= 11 is 6.01. The summed E-state index contributed by atoms with van der Waals surface area (Å²) in [7, 11) is 0. The van der Waals surface area contributed by atoms with Crippen LogP contribution in [-0.2, 0) is 0 Å². The first kappa shape index (κ1) is 18.7. The lowest BCUT2D eigenvalue weighted by molar-refractivity contribution is 0.102. The topological polar surface area (TPSA) is 85.3 Å². The molecular weight excluding hydrogens is 416 g/mol. The number of rotatable bonds is 4. The van der Waals surface area contributed by atoms with E-state index in [1.807, 2.05) is 0 Å². The quantitative estimate of drug-likeness (QED) is 0.514. The molecule has 0 aliphatic heterocycles. The van der Waals surface area contributed by atoms with E-state index in [1.54, 1.807) is 35.7 Å². The first-order valence-corrected chi connectivity index (χ1v) is 9.50. The number of aromatic nitrogens is 4. The normalized spacial score (nSPS) is 18.0. The van der Waals surface area contributed by atoms with E-state index < -0.39 is 23.8 Å². The zero-order valence-corrected chi connectivity index (χ0v) is 16.3.